The van der Waals surface area contributed by atoms with Crippen molar-refractivity contribution in [2.24, 2.45) is 4.99 Å². The van der Waals surface area contributed by atoms with Gasteiger partial charge in [0.15, 0.2) is 11.5 Å². The lowest BCUT2D eigenvalue weighted by atomic mass is 10.2. The minimum Gasteiger partial charge on any atom is -0.491 e. The molecule has 3 aliphatic rings. The normalized spacial score (nSPS) is 17.9. The standard InChI is InChI=1S/C27H34N8O4/c1-37-23-21(39-14-4-8-33-12-15-38-16-13-33)6-5-20-22(23)31-27(35-11-7-28-24(20)35)32-25(36)19-17-29-26(30-18-19)34-9-2-3-10-34/h5-6,17-18,28H,2-4,7-16H2,1H3. The Morgan fingerprint density at radius 1 is 1.10 bits per heavy atom. The van der Waals surface area contributed by atoms with Gasteiger partial charge in [-0.15, -0.1) is 0 Å². The second kappa shape index (κ2) is 11.5. The van der Waals surface area contributed by atoms with E-state index in [-0.39, 0.29) is 0 Å². The van der Waals surface area contributed by atoms with Crippen LogP contribution in [0, 0.1) is 0 Å². The molecule has 2 aromatic heterocycles. The van der Waals surface area contributed by atoms with E-state index in [1.807, 2.05) is 16.7 Å². The van der Waals surface area contributed by atoms with Crippen LogP contribution in [0.1, 0.15) is 29.6 Å². The number of amides is 1. The lowest BCUT2D eigenvalue weighted by Gasteiger charge is -2.26. The number of carbonyl (C=O) groups excluding carboxylic acids is 1. The number of carbonyl (C=O) groups is 1. The first-order valence-electron chi connectivity index (χ1n) is 13.7. The van der Waals surface area contributed by atoms with Crippen molar-refractivity contribution in [2.45, 2.75) is 25.8 Å². The highest BCUT2D eigenvalue weighted by Gasteiger charge is 2.21. The van der Waals surface area contributed by atoms with Crippen LogP contribution in [0.25, 0.3) is 10.9 Å². The second-order valence-electron chi connectivity index (χ2n) is 9.87. The van der Waals surface area contributed by atoms with Gasteiger partial charge in [-0.1, -0.05) is 0 Å². The lowest BCUT2D eigenvalue weighted by molar-refractivity contribution is 0.0357. The lowest BCUT2D eigenvalue weighted by Crippen LogP contribution is -2.37. The predicted octanol–water partition coefficient (Wildman–Crippen LogP) is 1.70. The van der Waals surface area contributed by atoms with Crippen LogP contribution in [0.15, 0.2) is 29.5 Å². The van der Waals surface area contributed by atoms with E-state index in [0.29, 0.717) is 53.8 Å². The highest BCUT2D eigenvalue weighted by atomic mass is 16.5. The molecule has 1 N–H and O–H groups in total. The molecule has 1 amide bonds. The SMILES string of the molecule is COc1c(OCCCN2CCOCC2)ccc2c3n(c(=NC(=O)c4cnc(N5CCCC5)nc4)nc12)CCN3. The van der Waals surface area contributed by atoms with Gasteiger partial charge in [0.1, 0.15) is 11.3 Å². The van der Waals surface area contributed by atoms with Crippen molar-refractivity contribution in [2.75, 3.05) is 76.4 Å². The Kier molecular flexibility index (Phi) is 7.55. The van der Waals surface area contributed by atoms with E-state index < -0.39 is 5.91 Å². The quantitative estimate of drug-likeness (QED) is 0.428. The Morgan fingerprint density at radius 2 is 1.90 bits per heavy atom. The average molecular weight is 535 g/mol. The van der Waals surface area contributed by atoms with E-state index in [4.69, 9.17) is 19.2 Å². The van der Waals surface area contributed by atoms with Gasteiger partial charge in [0.05, 0.1) is 32.5 Å². The smallest absolute Gasteiger partial charge is 0.283 e. The number of fused-ring (bicyclic) bond motifs is 3. The van der Waals surface area contributed by atoms with Crippen molar-refractivity contribution in [1.29, 1.82) is 0 Å². The zero-order chi connectivity index (χ0) is 26.6. The van der Waals surface area contributed by atoms with Crippen molar-refractivity contribution in [3.05, 3.63) is 35.7 Å². The number of morpholine rings is 1. The van der Waals surface area contributed by atoms with Crippen molar-refractivity contribution < 1.29 is 19.0 Å². The number of benzene rings is 1. The molecule has 2 fully saturated rings. The molecule has 0 unspecified atom stereocenters. The molecule has 0 atom stereocenters. The molecule has 0 spiro atoms. The van der Waals surface area contributed by atoms with Gasteiger partial charge in [-0.2, -0.15) is 4.99 Å². The van der Waals surface area contributed by atoms with Crippen molar-refractivity contribution >= 4 is 28.6 Å². The molecule has 5 heterocycles. The van der Waals surface area contributed by atoms with Crippen LogP contribution in [-0.4, -0.2) is 96.5 Å². The third-order valence-corrected chi connectivity index (χ3v) is 7.36. The summed E-state index contributed by atoms with van der Waals surface area (Å²) in [4.78, 5) is 35.6. The highest BCUT2D eigenvalue weighted by molar-refractivity contribution is 5.96. The predicted molar refractivity (Wildman–Crippen MR) is 146 cm³/mol. The van der Waals surface area contributed by atoms with Crippen LogP contribution in [0.4, 0.5) is 11.8 Å². The number of aromatic nitrogens is 4. The number of methoxy groups -OCH3 is 1. The number of hydrogen-bond donors (Lipinski definition) is 1. The number of anilines is 2. The van der Waals surface area contributed by atoms with Crippen LogP contribution >= 0.6 is 0 Å². The monoisotopic (exact) mass is 534 g/mol. The first-order valence-corrected chi connectivity index (χ1v) is 13.7. The van der Waals surface area contributed by atoms with Crippen LogP contribution in [0.3, 0.4) is 0 Å². The summed E-state index contributed by atoms with van der Waals surface area (Å²) < 4.78 is 19.2. The second-order valence-corrected chi connectivity index (χ2v) is 9.87. The van der Waals surface area contributed by atoms with Gasteiger partial charge in [0.25, 0.3) is 5.91 Å². The average Bonchev–Trinajstić information content (AvgIpc) is 3.69. The van der Waals surface area contributed by atoms with E-state index in [0.717, 1.165) is 76.4 Å². The maximum atomic E-state index is 13.1. The van der Waals surface area contributed by atoms with E-state index in [1.165, 1.54) is 0 Å². The minimum absolute atomic E-state index is 0.305. The van der Waals surface area contributed by atoms with E-state index in [9.17, 15) is 4.79 Å². The maximum absolute atomic E-state index is 13.1. The largest absolute Gasteiger partial charge is 0.491 e. The molecule has 12 nitrogen and oxygen atoms in total. The van der Waals surface area contributed by atoms with Crippen LogP contribution in [-0.2, 0) is 11.3 Å². The number of nitrogens with one attached hydrogen (secondary N) is 1. The summed E-state index contributed by atoms with van der Waals surface area (Å²) in [5.41, 5.74) is 1.22. The topological polar surface area (TPSA) is 119 Å². The molecule has 206 valence electrons. The summed E-state index contributed by atoms with van der Waals surface area (Å²) in [6.07, 6.45) is 6.24. The summed E-state index contributed by atoms with van der Waals surface area (Å²) in [5, 5.41) is 4.29. The summed E-state index contributed by atoms with van der Waals surface area (Å²) in [6.45, 7) is 8.25. The van der Waals surface area contributed by atoms with Crippen LogP contribution in [0.2, 0.25) is 0 Å². The Hall–Kier alpha value is -3.77. The highest BCUT2D eigenvalue weighted by Crippen LogP contribution is 2.37. The van der Waals surface area contributed by atoms with Crippen LogP contribution < -0.4 is 25.3 Å². The van der Waals surface area contributed by atoms with Gasteiger partial charge in [-0.05, 0) is 31.4 Å². The van der Waals surface area contributed by atoms with E-state index >= 15 is 0 Å². The maximum Gasteiger partial charge on any atom is 0.283 e. The minimum atomic E-state index is -0.439. The number of hydrogen-bond acceptors (Lipinski definition) is 10. The summed E-state index contributed by atoms with van der Waals surface area (Å²) in [7, 11) is 1.60. The fourth-order valence-electron chi connectivity index (χ4n) is 5.31. The Morgan fingerprint density at radius 3 is 2.67 bits per heavy atom. The van der Waals surface area contributed by atoms with Gasteiger partial charge in [-0.3, -0.25) is 14.3 Å². The van der Waals surface area contributed by atoms with Gasteiger partial charge < -0.3 is 24.4 Å². The molecule has 2 saturated heterocycles. The molecule has 6 rings (SSSR count). The summed E-state index contributed by atoms with van der Waals surface area (Å²) in [5.74, 6) is 2.20. The summed E-state index contributed by atoms with van der Waals surface area (Å²) >= 11 is 0. The van der Waals surface area contributed by atoms with Gasteiger partial charge in [0.2, 0.25) is 11.6 Å². The zero-order valence-corrected chi connectivity index (χ0v) is 22.3. The van der Waals surface area contributed by atoms with Crippen molar-refractivity contribution in [3.63, 3.8) is 0 Å². The number of nitrogens with zero attached hydrogens (tertiary/aromatic N) is 7. The van der Waals surface area contributed by atoms with Crippen molar-refractivity contribution in [3.8, 4) is 11.5 Å². The Balaban J connectivity index is 1.26. The van der Waals surface area contributed by atoms with E-state index in [2.05, 4.69) is 30.1 Å². The van der Waals surface area contributed by atoms with Crippen LogP contribution in [0.5, 0.6) is 11.5 Å². The fourth-order valence-corrected chi connectivity index (χ4v) is 5.31. The van der Waals surface area contributed by atoms with Crippen molar-refractivity contribution in [1.82, 2.24) is 24.4 Å². The molecule has 1 aromatic carbocycles. The molecule has 0 saturated carbocycles. The number of rotatable bonds is 8. The number of ether oxygens (including phenoxy) is 3. The summed E-state index contributed by atoms with van der Waals surface area (Å²) in [6, 6.07) is 3.89. The Labute approximate surface area is 226 Å². The third kappa shape index (κ3) is 5.39. The first kappa shape index (κ1) is 25.5. The molecule has 3 aliphatic heterocycles. The van der Waals surface area contributed by atoms with Gasteiger partial charge >= 0.3 is 0 Å². The van der Waals surface area contributed by atoms with E-state index in [1.54, 1.807) is 19.5 Å². The molecule has 0 radical (unpaired) electrons. The zero-order valence-electron chi connectivity index (χ0n) is 22.3. The molecular formula is C27H34N8O4. The molecule has 12 heteroatoms. The molecule has 0 aliphatic carbocycles. The molecule has 39 heavy (non-hydrogen) atoms. The Bertz CT molecular complexity index is 1400. The fraction of sp³-hybridized carbons (Fsp3) is 0.519. The van der Waals surface area contributed by atoms with Gasteiger partial charge in [0, 0.05) is 63.6 Å². The van der Waals surface area contributed by atoms with Gasteiger partial charge in [-0.25, -0.2) is 15.0 Å². The third-order valence-electron chi connectivity index (χ3n) is 7.36. The molecule has 3 aromatic rings. The molecule has 0 bridgehead atoms. The molecular weight excluding hydrogens is 500 g/mol. The first-order chi connectivity index (χ1) is 19.2.